The van der Waals surface area contributed by atoms with Crippen LogP contribution in [0.4, 0.5) is 0 Å². The first kappa shape index (κ1) is 26.0. The van der Waals surface area contributed by atoms with E-state index in [1.807, 2.05) is 38.1 Å². The minimum atomic E-state index is -3.42. The molecule has 0 N–H and O–H groups in total. The normalized spacial score (nSPS) is 18.6. The van der Waals surface area contributed by atoms with Gasteiger partial charge in [0, 0.05) is 50.4 Å². The maximum atomic E-state index is 12.9. The fourth-order valence-electron chi connectivity index (χ4n) is 4.40. The number of nitrogens with zero attached hydrogens (tertiary/aromatic N) is 3. The average Bonchev–Trinajstić information content (AvgIpc) is 3.53. The second kappa shape index (κ2) is 10.5. The standard InChI is InChI=1S/C27H33N3O5S/c1-19-15-24(35-18-27(32)29-14-13-25(17-29)36(33,34)28(3)4)16-26(31)30(19)20(2)23-11-9-22(10-12-23)8-7-21-5-6-21/h9-12,15-16,20-21,25H,5-6,13-14,17-18H2,1-4H3/t20-,25-/m1/s1. The van der Waals surface area contributed by atoms with Gasteiger partial charge in [-0.1, -0.05) is 24.0 Å². The first-order chi connectivity index (χ1) is 17.1. The van der Waals surface area contributed by atoms with Crippen LogP contribution >= 0.6 is 0 Å². The number of aryl methyl sites for hydroxylation is 1. The third-order valence-electron chi connectivity index (χ3n) is 6.80. The van der Waals surface area contributed by atoms with E-state index in [2.05, 4.69) is 11.8 Å². The number of ether oxygens (including phenoxy) is 1. The number of hydrogen-bond donors (Lipinski definition) is 0. The molecule has 1 aromatic carbocycles. The number of likely N-dealkylation sites (tertiary alicyclic amines) is 1. The van der Waals surface area contributed by atoms with Gasteiger partial charge in [0.2, 0.25) is 10.0 Å². The molecule has 1 amide bonds. The van der Waals surface area contributed by atoms with Crippen LogP contribution in [0.2, 0.25) is 0 Å². The van der Waals surface area contributed by atoms with Crippen molar-refractivity contribution < 1.29 is 17.9 Å². The van der Waals surface area contributed by atoms with E-state index in [9.17, 15) is 18.0 Å². The first-order valence-electron chi connectivity index (χ1n) is 12.2. The second-order valence-electron chi connectivity index (χ2n) is 9.75. The molecule has 0 unspecified atom stereocenters. The highest BCUT2D eigenvalue weighted by Gasteiger charge is 2.36. The Balaban J connectivity index is 1.38. The number of benzene rings is 1. The van der Waals surface area contributed by atoms with Gasteiger partial charge in [0.1, 0.15) is 5.75 Å². The number of carbonyl (C=O) groups is 1. The molecule has 2 heterocycles. The van der Waals surface area contributed by atoms with Crippen LogP contribution in [0.3, 0.4) is 0 Å². The van der Waals surface area contributed by atoms with Crippen molar-refractivity contribution >= 4 is 15.9 Å². The van der Waals surface area contributed by atoms with Crippen LogP contribution in [0.15, 0.2) is 41.2 Å². The van der Waals surface area contributed by atoms with E-state index in [-0.39, 0.29) is 30.7 Å². The Morgan fingerprint density at radius 2 is 1.86 bits per heavy atom. The second-order valence-corrected chi connectivity index (χ2v) is 12.2. The van der Waals surface area contributed by atoms with E-state index < -0.39 is 15.3 Å². The van der Waals surface area contributed by atoms with Gasteiger partial charge < -0.3 is 14.2 Å². The molecule has 2 aromatic rings. The molecule has 1 aliphatic carbocycles. The number of hydrogen-bond acceptors (Lipinski definition) is 5. The van der Waals surface area contributed by atoms with Crippen molar-refractivity contribution in [1.82, 2.24) is 13.8 Å². The highest BCUT2D eigenvalue weighted by atomic mass is 32.2. The van der Waals surface area contributed by atoms with Crippen molar-refractivity contribution in [3.05, 3.63) is 63.6 Å². The maximum Gasteiger partial charge on any atom is 0.260 e. The van der Waals surface area contributed by atoms with Crippen LogP contribution in [0.25, 0.3) is 0 Å². The molecule has 192 valence electrons. The first-order valence-corrected chi connectivity index (χ1v) is 13.7. The lowest BCUT2D eigenvalue weighted by atomic mass is 10.1. The van der Waals surface area contributed by atoms with Gasteiger partial charge >= 0.3 is 0 Å². The van der Waals surface area contributed by atoms with Crippen LogP contribution in [0.5, 0.6) is 5.75 Å². The molecule has 0 radical (unpaired) electrons. The molecule has 1 aromatic heterocycles. The third kappa shape index (κ3) is 5.82. The molecule has 1 aliphatic heterocycles. The van der Waals surface area contributed by atoms with Gasteiger partial charge in [-0.15, -0.1) is 0 Å². The van der Waals surface area contributed by atoms with Gasteiger partial charge in [-0.05, 0) is 56.9 Å². The number of sulfonamides is 1. The number of amides is 1. The molecular weight excluding hydrogens is 478 g/mol. The van der Waals surface area contributed by atoms with E-state index in [1.54, 1.807) is 10.6 Å². The van der Waals surface area contributed by atoms with Crippen molar-refractivity contribution in [3.63, 3.8) is 0 Å². The summed E-state index contributed by atoms with van der Waals surface area (Å²) in [5.41, 5.74) is 2.46. The van der Waals surface area contributed by atoms with E-state index in [4.69, 9.17) is 4.74 Å². The molecule has 0 spiro atoms. The van der Waals surface area contributed by atoms with Crippen LogP contribution in [-0.4, -0.2) is 67.1 Å². The lowest BCUT2D eigenvalue weighted by Crippen LogP contribution is -2.38. The average molecular weight is 512 g/mol. The fraction of sp³-hybridized carbons (Fsp3) is 0.481. The van der Waals surface area contributed by atoms with Crippen LogP contribution in [0.1, 0.15) is 49.0 Å². The van der Waals surface area contributed by atoms with Crippen LogP contribution < -0.4 is 10.3 Å². The lowest BCUT2D eigenvalue weighted by molar-refractivity contribution is -0.132. The molecule has 2 atom stereocenters. The summed E-state index contributed by atoms with van der Waals surface area (Å²) in [7, 11) is -0.428. The van der Waals surface area contributed by atoms with E-state index in [0.29, 0.717) is 30.3 Å². The van der Waals surface area contributed by atoms with Crippen molar-refractivity contribution in [2.75, 3.05) is 33.8 Å². The van der Waals surface area contributed by atoms with Gasteiger partial charge in [-0.3, -0.25) is 9.59 Å². The largest absolute Gasteiger partial charge is 0.484 e. The van der Waals surface area contributed by atoms with Crippen molar-refractivity contribution in [3.8, 4) is 17.6 Å². The minimum absolute atomic E-state index is 0.145. The van der Waals surface area contributed by atoms with Gasteiger partial charge in [0.25, 0.3) is 11.5 Å². The van der Waals surface area contributed by atoms with Gasteiger partial charge in [-0.2, -0.15) is 0 Å². The smallest absolute Gasteiger partial charge is 0.260 e. The maximum absolute atomic E-state index is 12.9. The van der Waals surface area contributed by atoms with Crippen molar-refractivity contribution in [2.24, 2.45) is 5.92 Å². The molecule has 2 aliphatic rings. The topological polar surface area (TPSA) is 88.9 Å². The predicted molar refractivity (Wildman–Crippen MR) is 138 cm³/mol. The molecule has 4 rings (SSSR count). The van der Waals surface area contributed by atoms with Gasteiger partial charge in [-0.25, -0.2) is 12.7 Å². The van der Waals surface area contributed by atoms with E-state index in [1.165, 1.54) is 42.2 Å². The highest BCUT2D eigenvalue weighted by Crippen LogP contribution is 2.28. The summed E-state index contributed by atoms with van der Waals surface area (Å²) in [5, 5.41) is -0.608. The minimum Gasteiger partial charge on any atom is -0.484 e. The summed E-state index contributed by atoms with van der Waals surface area (Å²) in [4.78, 5) is 27.0. The Bertz CT molecular complexity index is 1350. The van der Waals surface area contributed by atoms with Crippen molar-refractivity contribution in [1.29, 1.82) is 0 Å². The SMILES string of the molecule is Cc1cc(OCC(=O)N2CC[C@@H](S(=O)(=O)N(C)C)C2)cc(=O)n1[C@H](C)c1ccc(C#CC2CC2)cc1. The molecule has 0 bridgehead atoms. The van der Waals surface area contributed by atoms with Crippen LogP contribution in [-0.2, 0) is 14.8 Å². The Morgan fingerprint density at radius 1 is 1.17 bits per heavy atom. The monoisotopic (exact) mass is 511 g/mol. The molecule has 36 heavy (non-hydrogen) atoms. The molecule has 9 heteroatoms. The summed E-state index contributed by atoms with van der Waals surface area (Å²) >= 11 is 0. The Hall–Kier alpha value is -3.09. The molecule has 2 fully saturated rings. The van der Waals surface area contributed by atoms with E-state index >= 15 is 0 Å². The van der Waals surface area contributed by atoms with Crippen LogP contribution in [0, 0.1) is 24.7 Å². The number of pyridine rings is 1. The third-order valence-corrected chi connectivity index (χ3v) is 9.05. The summed E-state index contributed by atoms with van der Waals surface area (Å²) in [6.45, 7) is 4.06. The van der Waals surface area contributed by atoms with Gasteiger partial charge in [0.05, 0.1) is 11.3 Å². The number of aromatic nitrogens is 1. The summed E-state index contributed by atoms with van der Waals surface area (Å²) < 4.78 is 33.2. The zero-order valence-electron chi connectivity index (χ0n) is 21.2. The Labute approximate surface area is 212 Å². The molecular formula is C27H33N3O5S. The number of rotatable bonds is 7. The fourth-order valence-corrected chi connectivity index (χ4v) is 5.77. The number of carbonyl (C=O) groups excluding carboxylic acids is 1. The Kier molecular flexibility index (Phi) is 7.57. The summed E-state index contributed by atoms with van der Waals surface area (Å²) in [5.74, 6) is 7.02. The van der Waals surface area contributed by atoms with Crippen molar-refractivity contribution in [2.45, 2.75) is 44.4 Å². The summed E-state index contributed by atoms with van der Waals surface area (Å²) in [6, 6.07) is 10.9. The zero-order chi connectivity index (χ0) is 26.0. The molecule has 1 saturated carbocycles. The zero-order valence-corrected chi connectivity index (χ0v) is 22.0. The van der Waals surface area contributed by atoms with Gasteiger partial charge in [0.15, 0.2) is 6.61 Å². The lowest BCUT2D eigenvalue weighted by Gasteiger charge is -2.21. The summed E-state index contributed by atoms with van der Waals surface area (Å²) in [6.07, 6.45) is 2.78. The quantitative estimate of drug-likeness (QED) is 0.533. The van der Waals surface area contributed by atoms with E-state index in [0.717, 1.165) is 11.1 Å². The Morgan fingerprint density at radius 3 is 2.47 bits per heavy atom. The highest BCUT2D eigenvalue weighted by molar-refractivity contribution is 7.89. The predicted octanol–water partition coefficient (Wildman–Crippen LogP) is 2.40. The molecule has 8 nitrogen and oxygen atoms in total. The molecule has 1 saturated heterocycles.